The molecule has 0 saturated carbocycles. The molecule has 110 valence electrons. The lowest BCUT2D eigenvalue weighted by Gasteiger charge is -2.04. The first-order valence-corrected chi connectivity index (χ1v) is 6.71. The molecule has 5 heteroatoms. The van der Waals surface area contributed by atoms with Crippen molar-refractivity contribution in [2.75, 3.05) is 0 Å². The molecule has 0 bridgehead atoms. The lowest BCUT2D eigenvalue weighted by Crippen LogP contribution is -2.22. The van der Waals surface area contributed by atoms with Gasteiger partial charge in [0.15, 0.2) is 5.76 Å². The molecular weight excluding hydrogens is 270 g/mol. The zero-order chi connectivity index (χ0) is 15.4. The minimum Gasteiger partial charge on any atom is -0.478 e. The molecule has 2 rings (SSSR count). The number of hydrogen-bond acceptors (Lipinski definition) is 3. The van der Waals surface area contributed by atoms with E-state index >= 15 is 0 Å². The monoisotopic (exact) mass is 287 g/mol. The highest BCUT2D eigenvalue weighted by Crippen LogP contribution is 2.16. The summed E-state index contributed by atoms with van der Waals surface area (Å²) in [5, 5.41) is 11.8. The van der Waals surface area contributed by atoms with Crippen LogP contribution in [0.25, 0.3) is 0 Å². The van der Waals surface area contributed by atoms with Crippen molar-refractivity contribution in [2.45, 2.75) is 26.8 Å². The maximum absolute atomic E-state index is 12.0. The molecule has 1 aromatic heterocycles. The van der Waals surface area contributed by atoms with Gasteiger partial charge in [-0.3, -0.25) is 4.79 Å². The second kappa shape index (κ2) is 6.26. The van der Waals surface area contributed by atoms with Crippen LogP contribution in [0.1, 0.15) is 44.7 Å². The quantitative estimate of drug-likeness (QED) is 0.886. The first-order valence-electron chi connectivity index (χ1n) is 6.71. The van der Waals surface area contributed by atoms with Crippen LogP contribution < -0.4 is 5.32 Å². The average molecular weight is 287 g/mol. The van der Waals surface area contributed by atoms with Gasteiger partial charge in [-0.2, -0.15) is 0 Å². The Balaban J connectivity index is 2.08. The van der Waals surface area contributed by atoms with Gasteiger partial charge in [0.25, 0.3) is 5.91 Å². The number of rotatable bonds is 5. The lowest BCUT2D eigenvalue weighted by atomic mass is 10.1. The Labute approximate surface area is 122 Å². The SMILES string of the molecule is CCc1oc(C(=O)NCc2cccc(C)c2)cc1C(=O)O. The van der Waals surface area contributed by atoms with Crippen LogP contribution in [0.5, 0.6) is 0 Å². The number of furan rings is 1. The number of carboxylic acid groups (broad SMARTS) is 1. The van der Waals surface area contributed by atoms with E-state index in [9.17, 15) is 9.59 Å². The Hall–Kier alpha value is -2.56. The highest BCUT2D eigenvalue weighted by Gasteiger charge is 2.19. The average Bonchev–Trinajstić information content (AvgIpc) is 2.89. The maximum atomic E-state index is 12.0. The molecule has 1 heterocycles. The number of amides is 1. The molecule has 0 aliphatic rings. The highest BCUT2D eigenvalue weighted by atomic mass is 16.4. The van der Waals surface area contributed by atoms with E-state index in [1.807, 2.05) is 31.2 Å². The van der Waals surface area contributed by atoms with Gasteiger partial charge in [0.1, 0.15) is 11.3 Å². The van der Waals surface area contributed by atoms with Gasteiger partial charge in [-0.05, 0) is 12.5 Å². The summed E-state index contributed by atoms with van der Waals surface area (Å²) < 4.78 is 5.31. The van der Waals surface area contributed by atoms with Gasteiger partial charge in [0.2, 0.25) is 0 Å². The summed E-state index contributed by atoms with van der Waals surface area (Å²) in [4.78, 5) is 23.1. The molecule has 0 aliphatic carbocycles. The third-order valence-electron chi connectivity index (χ3n) is 3.12. The van der Waals surface area contributed by atoms with Crippen LogP contribution in [0.2, 0.25) is 0 Å². The number of aromatic carboxylic acids is 1. The second-order valence-electron chi connectivity index (χ2n) is 4.78. The standard InChI is InChI=1S/C16H17NO4/c1-3-13-12(16(19)20)8-14(21-13)15(18)17-9-11-6-4-5-10(2)7-11/h4-8H,3,9H2,1-2H3,(H,17,18)(H,19,20). The number of benzene rings is 1. The van der Waals surface area contributed by atoms with E-state index in [1.165, 1.54) is 6.07 Å². The van der Waals surface area contributed by atoms with Crippen LogP contribution in [0.3, 0.4) is 0 Å². The van der Waals surface area contributed by atoms with Gasteiger partial charge in [-0.1, -0.05) is 36.8 Å². The summed E-state index contributed by atoms with van der Waals surface area (Å²) in [6, 6.07) is 9.05. The lowest BCUT2D eigenvalue weighted by molar-refractivity contribution is 0.0694. The number of carbonyl (C=O) groups excluding carboxylic acids is 1. The van der Waals surface area contributed by atoms with Crippen molar-refractivity contribution in [3.63, 3.8) is 0 Å². The van der Waals surface area contributed by atoms with Gasteiger partial charge in [-0.15, -0.1) is 0 Å². The summed E-state index contributed by atoms with van der Waals surface area (Å²) in [6.07, 6.45) is 0.423. The molecule has 0 atom stereocenters. The van der Waals surface area contributed by atoms with Gasteiger partial charge in [0.05, 0.1) is 0 Å². The van der Waals surface area contributed by atoms with Crippen molar-refractivity contribution in [1.82, 2.24) is 5.32 Å². The molecule has 0 aliphatic heterocycles. The first kappa shape index (κ1) is 14.8. The first-order chi connectivity index (χ1) is 10.0. The van der Waals surface area contributed by atoms with E-state index in [0.29, 0.717) is 18.7 Å². The molecule has 0 radical (unpaired) electrons. The Bertz CT molecular complexity index is 673. The summed E-state index contributed by atoms with van der Waals surface area (Å²) in [5.74, 6) is -1.17. The van der Waals surface area contributed by atoms with Crippen LogP contribution in [0, 0.1) is 6.92 Å². The number of carboxylic acids is 1. The summed E-state index contributed by atoms with van der Waals surface area (Å²) >= 11 is 0. The van der Waals surface area contributed by atoms with Crippen molar-refractivity contribution in [2.24, 2.45) is 0 Å². The highest BCUT2D eigenvalue weighted by molar-refractivity contribution is 5.96. The van der Waals surface area contributed by atoms with Crippen molar-refractivity contribution < 1.29 is 19.1 Å². The molecule has 2 aromatic rings. The summed E-state index contributed by atoms with van der Waals surface area (Å²) in [6.45, 7) is 4.12. The van der Waals surface area contributed by atoms with Crippen molar-refractivity contribution in [1.29, 1.82) is 0 Å². The van der Waals surface area contributed by atoms with E-state index in [2.05, 4.69) is 5.32 Å². The zero-order valence-corrected chi connectivity index (χ0v) is 12.0. The second-order valence-corrected chi connectivity index (χ2v) is 4.78. The number of nitrogens with one attached hydrogen (secondary N) is 1. The molecule has 0 spiro atoms. The molecule has 5 nitrogen and oxygen atoms in total. The topological polar surface area (TPSA) is 79.5 Å². The fourth-order valence-corrected chi connectivity index (χ4v) is 2.08. The Kier molecular flexibility index (Phi) is 4.42. The molecule has 0 unspecified atom stereocenters. The van der Waals surface area contributed by atoms with E-state index in [4.69, 9.17) is 9.52 Å². The third-order valence-corrected chi connectivity index (χ3v) is 3.12. The zero-order valence-electron chi connectivity index (χ0n) is 12.0. The fraction of sp³-hybridized carbons (Fsp3) is 0.250. The van der Waals surface area contributed by atoms with Crippen LogP contribution in [0.4, 0.5) is 0 Å². The summed E-state index contributed by atoms with van der Waals surface area (Å²) in [5.41, 5.74) is 2.13. The minimum absolute atomic E-state index is 0.0249. The van der Waals surface area contributed by atoms with Crippen molar-refractivity contribution in [3.05, 3.63) is 58.5 Å². The van der Waals surface area contributed by atoms with Crippen LogP contribution in [-0.2, 0) is 13.0 Å². The molecule has 2 N–H and O–H groups in total. The number of carbonyl (C=O) groups is 2. The van der Waals surface area contributed by atoms with Crippen LogP contribution >= 0.6 is 0 Å². The van der Waals surface area contributed by atoms with E-state index in [-0.39, 0.29) is 11.3 Å². The Morgan fingerprint density at radius 2 is 2.05 bits per heavy atom. The van der Waals surface area contributed by atoms with Crippen molar-refractivity contribution in [3.8, 4) is 0 Å². The molecule has 0 fully saturated rings. The van der Waals surface area contributed by atoms with Gasteiger partial charge in [0, 0.05) is 19.0 Å². The molecule has 0 saturated heterocycles. The smallest absolute Gasteiger partial charge is 0.339 e. The van der Waals surface area contributed by atoms with Gasteiger partial charge < -0.3 is 14.8 Å². The Morgan fingerprint density at radius 3 is 2.62 bits per heavy atom. The van der Waals surface area contributed by atoms with E-state index in [1.54, 1.807) is 6.92 Å². The van der Waals surface area contributed by atoms with Gasteiger partial charge >= 0.3 is 5.97 Å². The predicted octanol–water partition coefficient (Wildman–Crippen LogP) is 2.78. The molecule has 1 aromatic carbocycles. The third kappa shape index (κ3) is 3.51. The fourth-order valence-electron chi connectivity index (χ4n) is 2.08. The normalized spacial score (nSPS) is 10.4. The molecular formula is C16H17NO4. The van der Waals surface area contributed by atoms with Gasteiger partial charge in [-0.25, -0.2) is 4.79 Å². The molecule has 1 amide bonds. The predicted molar refractivity (Wildman–Crippen MR) is 77.4 cm³/mol. The molecule has 21 heavy (non-hydrogen) atoms. The largest absolute Gasteiger partial charge is 0.478 e. The number of aryl methyl sites for hydroxylation is 2. The minimum atomic E-state index is -1.09. The van der Waals surface area contributed by atoms with Crippen LogP contribution in [0.15, 0.2) is 34.7 Å². The maximum Gasteiger partial charge on any atom is 0.339 e. The van der Waals surface area contributed by atoms with Crippen LogP contribution in [-0.4, -0.2) is 17.0 Å². The summed E-state index contributed by atoms with van der Waals surface area (Å²) in [7, 11) is 0. The number of hydrogen-bond donors (Lipinski definition) is 2. The Morgan fingerprint density at radius 1 is 1.29 bits per heavy atom. The van der Waals surface area contributed by atoms with E-state index < -0.39 is 11.9 Å². The van der Waals surface area contributed by atoms with E-state index in [0.717, 1.165) is 11.1 Å². The van der Waals surface area contributed by atoms with Crippen molar-refractivity contribution >= 4 is 11.9 Å².